The zero-order chi connectivity index (χ0) is 17.4. The molecule has 3 heterocycles. The van der Waals surface area contributed by atoms with E-state index in [0.717, 1.165) is 15.6 Å². The van der Waals surface area contributed by atoms with Crippen LogP contribution in [0, 0.1) is 0 Å². The van der Waals surface area contributed by atoms with E-state index in [1.165, 1.54) is 23.1 Å². The number of aromatic nitrogens is 1. The standard InChI is InChI=1S/C18H13N3O2S2/c1-21-14-3-2-7-19-17(14)25-15-5-4-12(9-13(15)18(21)23)20-16(22)11-6-8-24-10-11/h2-10H,1H3,(H,20,22). The van der Waals surface area contributed by atoms with Crippen molar-refractivity contribution in [3.63, 3.8) is 0 Å². The van der Waals surface area contributed by atoms with Gasteiger partial charge >= 0.3 is 0 Å². The van der Waals surface area contributed by atoms with Crippen molar-refractivity contribution in [1.82, 2.24) is 4.98 Å². The van der Waals surface area contributed by atoms with Gasteiger partial charge in [0.1, 0.15) is 5.03 Å². The van der Waals surface area contributed by atoms with E-state index in [1.54, 1.807) is 41.7 Å². The predicted molar refractivity (Wildman–Crippen MR) is 99.8 cm³/mol. The fourth-order valence-corrected chi connectivity index (χ4v) is 4.23. The molecule has 3 aromatic rings. The average Bonchev–Trinajstić information content (AvgIpc) is 3.14. The van der Waals surface area contributed by atoms with E-state index in [1.807, 2.05) is 23.6 Å². The van der Waals surface area contributed by atoms with Crippen LogP contribution >= 0.6 is 23.1 Å². The first kappa shape index (κ1) is 15.9. The largest absolute Gasteiger partial charge is 0.322 e. The molecule has 7 heteroatoms. The van der Waals surface area contributed by atoms with Crippen molar-refractivity contribution in [3.8, 4) is 0 Å². The number of nitrogens with one attached hydrogen (secondary N) is 1. The summed E-state index contributed by atoms with van der Waals surface area (Å²) in [5.74, 6) is -0.311. The molecule has 0 fully saturated rings. The molecule has 25 heavy (non-hydrogen) atoms. The molecule has 1 aliphatic heterocycles. The number of hydrogen-bond acceptors (Lipinski definition) is 5. The normalized spacial score (nSPS) is 13.0. The van der Waals surface area contributed by atoms with Crippen LogP contribution in [-0.2, 0) is 0 Å². The molecule has 1 aliphatic rings. The first-order chi connectivity index (χ1) is 12.1. The van der Waals surface area contributed by atoms with Gasteiger partial charge in [-0.05, 0) is 41.8 Å². The third-order valence-electron chi connectivity index (χ3n) is 3.87. The van der Waals surface area contributed by atoms with E-state index in [2.05, 4.69) is 10.3 Å². The van der Waals surface area contributed by atoms with Crippen molar-refractivity contribution >= 4 is 46.3 Å². The number of carbonyl (C=O) groups excluding carboxylic acids is 2. The van der Waals surface area contributed by atoms with Crippen LogP contribution in [0.1, 0.15) is 20.7 Å². The van der Waals surface area contributed by atoms with Crippen LogP contribution in [0.3, 0.4) is 0 Å². The molecule has 2 amide bonds. The summed E-state index contributed by atoms with van der Waals surface area (Å²) < 4.78 is 0. The second kappa shape index (κ2) is 6.34. The van der Waals surface area contributed by atoms with Gasteiger partial charge in [0.15, 0.2) is 0 Å². The molecule has 0 saturated heterocycles. The number of amides is 2. The lowest BCUT2D eigenvalue weighted by atomic mass is 10.1. The second-order valence-corrected chi connectivity index (χ2v) is 7.28. The molecular formula is C18H13N3O2S2. The minimum absolute atomic E-state index is 0.124. The molecule has 1 N–H and O–H groups in total. The van der Waals surface area contributed by atoms with Gasteiger partial charge in [-0.25, -0.2) is 4.98 Å². The molecule has 0 radical (unpaired) electrons. The third kappa shape index (κ3) is 2.92. The average molecular weight is 367 g/mol. The van der Waals surface area contributed by atoms with Crippen LogP contribution in [0.15, 0.2) is 63.3 Å². The number of rotatable bonds is 2. The molecule has 0 saturated carbocycles. The summed E-state index contributed by atoms with van der Waals surface area (Å²) in [6, 6.07) is 10.8. The zero-order valence-electron chi connectivity index (χ0n) is 13.2. The highest BCUT2D eigenvalue weighted by Crippen LogP contribution is 2.40. The Hall–Kier alpha value is -2.64. The lowest BCUT2D eigenvalue weighted by Gasteiger charge is -2.16. The van der Waals surface area contributed by atoms with E-state index >= 15 is 0 Å². The molecule has 0 aliphatic carbocycles. The van der Waals surface area contributed by atoms with E-state index in [-0.39, 0.29) is 11.8 Å². The van der Waals surface area contributed by atoms with Crippen molar-refractivity contribution in [2.24, 2.45) is 0 Å². The Morgan fingerprint density at radius 3 is 2.92 bits per heavy atom. The summed E-state index contributed by atoms with van der Waals surface area (Å²) in [6.07, 6.45) is 1.71. The number of pyridine rings is 1. The Kier molecular flexibility index (Phi) is 4.03. The van der Waals surface area contributed by atoms with E-state index in [9.17, 15) is 9.59 Å². The Bertz CT molecular complexity index is 970. The lowest BCUT2D eigenvalue weighted by molar-refractivity contribution is 0.0987. The van der Waals surface area contributed by atoms with E-state index in [0.29, 0.717) is 16.8 Å². The third-order valence-corrected chi connectivity index (χ3v) is 5.64. The quantitative estimate of drug-likeness (QED) is 0.739. The molecule has 0 spiro atoms. The zero-order valence-corrected chi connectivity index (χ0v) is 14.9. The summed E-state index contributed by atoms with van der Waals surface area (Å²) in [6.45, 7) is 0. The number of benzene rings is 1. The van der Waals surface area contributed by atoms with Gasteiger partial charge in [0.2, 0.25) is 0 Å². The monoisotopic (exact) mass is 367 g/mol. The lowest BCUT2D eigenvalue weighted by Crippen LogP contribution is -2.26. The van der Waals surface area contributed by atoms with E-state index < -0.39 is 0 Å². The number of fused-ring (bicyclic) bond motifs is 2. The second-order valence-electron chi connectivity index (χ2n) is 5.47. The summed E-state index contributed by atoms with van der Waals surface area (Å²) in [7, 11) is 1.73. The molecule has 5 nitrogen and oxygen atoms in total. The van der Waals surface area contributed by atoms with Crippen molar-refractivity contribution in [1.29, 1.82) is 0 Å². The first-order valence-corrected chi connectivity index (χ1v) is 9.28. The highest BCUT2D eigenvalue weighted by atomic mass is 32.2. The smallest absolute Gasteiger partial charge is 0.259 e. The highest BCUT2D eigenvalue weighted by molar-refractivity contribution is 7.99. The molecule has 0 bridgehead atoms. The van der Waals surface area contributed by atoms with Gasteiger partial charge in [0, 0.05) is 29.2 Å². The van der Waals surface area contributed by atoms with Gasteiger partial charge in [-0.3, -0.25) is 9.59 Å². The Morgan fingerprint density at radius 2 is 2.12 bits per heavy atom. The molecule has 1 aromatic carbocycles. The van der Waals surface area contributed by atoms with Crippen molar-refractivity contribution < 1.29 is 9.59 Å². The van der Waals surface area contributed by atoms with Gasteiger partial charge in [-0.2, -0.15) is 11.3 Å². The van der Waals surface area contributed by atoms with Crippen LogP contribution in [0.4, 0.5) is 11.4 Å². The Morgan fingerprint density at radius 1 is 1.24 bits per heavy atom. The SMILES string of the molecule is CN1C(=O)c2cc(NC(=O)c3ccsc3)ccc2Sc2ncccc21. The van der Waals surface area contributed by atoms with Gasteiger partial charge in [-0.1, -0.05) is 11.8 Å². The highest BCUT2D eigenvalue weighted by Gasteiger charge is 2.25. The van der Waals surface area contributed by atoms with Gasteiger partial charge in [-0.15, -0.1) is 0 Å². The fourth-order valence-electron chi connectivity index (χ4n) is 2.57. The number of thiophene rings is 1. The van der Waals surface area contributed by atoms with Crippen LogP contribution in [0.25, 0.3) is 0 Å². The van der Waals surface area contributed by atoms with Gasteiger partial charge in [0.25, 0.3) is 11.8 Å². The van der Waals surface area contributed by atoms with Crippen molar-refractivity contribution in [3.05, 3.63) is 64.5 Å². The maximum absolute atomic E-state index is 12.8. The molecular weight excluding hydrogens is 354 g/mol. The summed E-state index contributed by atoms with van der Waals surface area (Å²) in [5.41, 5.74) is 2.52. The Labute approximate surface area is 152 Å². The maximum Gasteiger partial charge on any atom is 0.259 e. The predicted octanol–water partition coefficient (Wildman–Crippen LogP) is 4.14. The Balaban J connectivity index is 1.69. The molecule has 4 rings (SSSR count). The fraction of sp³-hybridized carbons (Fsp3) is 0.0556. The van der Waals surface area contributed by atoms with Crippen molar-refractivity contribution in [2.45, 2.75) is 9.92 Å². The maximum atomic E-state index is 12.8. The number of anilines is 2. The molecule has 2 aromatic heterocycles. The minimum atomic E-state index is -0.187. The van der Waals surface area contributed by atoms with E-state index in [4.69, 9.17) is 0 Å². The number of carbonyl (C=O) groups is 2. The molecule has 0 unspecified atom stereocenters. The van der Waals surface area contributed by atoms with Crippen LogP contribution < -0.4 is 10.2 Å². The van der Waals surface area contributed by atoms with Crippen molar-refractivity contribution in [2.75, 3.05) is 17.3 Å². The summed E-state index contributed by atoms with van der Waals surface area (Å²) in [4.78, 5) is 31.8. The minimum Gasteiger partial charge on any atom is -0.322 e. The summed E-state index contributed by atoms with van der Waals surface area (Å²) in [5, 5.41) is 7.27. The van der Waals surface area contributed by atoms with Gasteiger partial charge < -0.3 is 10.2 Å². The van der Waals surface area contributed by atoms with Crippen LogP contribution in [0.2, 0.25) is 0 Å². The van der Waals surface area contributed by atoms with Gasteiger partial charge in [0.05, 0.1) is 16.8 Å². The first-order valence-electron chi connectivity index (χ1n) is 7.52. The number of hydrogen-bond donors (Lipinski definition) is 1. The number of nitrogens with zero attached hydrogens (tertiary/aromatic N) is 2. The molecule has 0 atom stereocenters. The molecule has 124 valence electrons. The van der Waals surface area contributed by atoms with Crippen LogP contribution in [0.5, 0.6) is 0 Å². The summed E-state index contributed by atoms with van der Waals surface area (Å²) >= 11 is 2.92. The van der Waals surface area contributed by atoms with Crippen LogP contribution in [-0.4, -0.2) is 23.8 Å². The topological polar surface area (TPSA) is 62.3 Å².